The fraction of sp³-hybridized carbons (Fsp3) is 0.765. The summed E-state index contributed by atoms with van der Waals surface area (Å²) in [6, 6.07) is 3.48. The minimum Gasteiger partial charge on any atom is -0.466 e. The van der Waals surface area contributed by atoms with Crippen LogP contribution in [-0.2, 0) is 4.57 Å². The average Bonchev–Trinajstić information content (AvgIpc) is 3.01. The van der Waals surface area contributed by atoms with E-state index in [-0.39, 0.29) is 0 Å². The summed E-state index contributed by atoms with van der Waals surface area (Å²) < 4.78 is 18.5. The molecule has 0 saturated carbocycles. The van der Waals surface area contributed by atoms with Crippen molar-refractivity contribution in [2.75, 3.05) is 12.3 Å². The van der Waals surface area contributed by atoms with Gasteiger partial charge in [-0.1, -0.05) is 52.4 Å². The summed E-state index contributed by atoms with van der Waals surface area (Å²) in [5.41, 5.74) is 0. The molecule has 0 bridgehead atoms. The van der Waals surface area contributed by atoms with Crippen LogP contribution in [0.25, 0.3) is 0 Å². The van der Waals surface area contributed by atoms with Crippen LogP contribution in [0.5, 0.6) is 0 Å². The van der Waals surface area contributed by atoms with Gasteiger partial charge in [0.2, 0.25) is 0 Å². The molecule has 1 aromatic heterocycles. The summed E-state index contributed by atoms with van der Waals surface area (Å²) in [6.07, 6.45) is 11.6. The molecule has 0 aliphatic rings. The largest absolute Gasteiger partial charge is 0.466 e. The Morgan fingerprint density at radius 1 is 1.05 bits per heavy atom. The second-order valence-electron chi connectivity index (χ2n) is 5.91. The van der Waals surface area contributed by atoms with Gasteiger partial charge in [-0.2, -0.15) is 0 Å². The van der Waals surface area contributed by atoms with Gasteiger partial charge in [0.25, 0.3) is 0 Å². The monoisotopic (exact) mass is 314 g/mol. The van der Waals surface area contributed by atoms with E-state index < -0.39 is 13.0 Å². The number of furan rings is 1. The van der Waals surface area contributed by atoms with E-state index in [1.54, 1.807) is 12.1 Å². The molecule has 0 fully saturated rings. The molecule has 21 heavy (non-hydrogen) atoms. The van der Waals surface area contributed by atoms with Crippen LogP contribution in [0.1, 0.15) is 76.8 Å². The summed E-state index contributed by atoms with van der Waals surface area (Å²) in [5.74, 6) is -0.458. The van der Waals surface area contributed by atoms with E-state index in [1.165, 1.54) is 31.9 Å². The number of hydrogen-bond acceptors (Lipinski definition) is 3. The van der Waals surface area contributed by atoms with Crippen molar-refractivity contribution in [1.29, 1.82) is 0 Å². The first kappa shape index (κ1) is 18.5. The van der Waals surface area contributed by atoms with E-state index >= 15 is 0 Å². The Labute approximate surface area is 129 Å². The normalized spacial score (nSPS) is 13.5. The first-order valence-corrected chi connectivity index (χ1v) is 10.6. The van der Waals surface area contributed by atoms with Crippen LogP contribution >= 0.6 is 7.14 Å². The van der Waals surface area contributed by atoms with Gasteiger partial charge < -0.3 is 14.1 Å². The van der Waals surface area contributed by atoms with Crippen molar-refractivity contribution in [3.8, 4) is 0 Å². The van der Waals surface area contributed by atoms with Crippen LogP contribution in [0.4, 0.5) is 0 Å². The summed E-state index contributed by atoms with van der Waals surface area (Å²) >= 11 is 0. The third-order valence-electron chi connectivity index (χ3n) is 4.02. The van der Waals surface area contributed by atoms with Crippen LogP contribution in [0.3, 0.4) is 0 Å². The van der Waals surface area contributed by atoms with Crippen molar-refractivity contribution in [1.82, 2.24) is 0 Å². The molecule has 122 valence electrons. The van der Waals surface area contributed by atoms with E-state index in [0.717, 1.165) is 25.7 Å². The van der Waals surface area contributed by atoms with Gasteiger partial charge in [-0.3, -0.25) is 0 Å². The number of aliphatic hydroxyl groups excluding tert-OH is 1. The Hall–Kier alpha value is -0.530. The lowest BCUT2D eigenvalue weighted by Gasteiger charge is -2.22. The Morgan fingerprint density at radius 3 is 2.05 bits per heavy atom. The van der Waals surface area contributed by atoms with Crippen LogP contribution in [0.15, 0.2) is 22.8 Å². The predicted octanol–water partition coefficient (Wildman–Crippen LogP) is 5.79. The topological polar surface area (TPSA) is 50.4 Å². The maximum absolute atomic E-state index is 13.2. The van der Waals surface area contributed by atoms with Crippen molar-refractivity contribution < 1.29 is 14.1 Å². The first-order chi connectivity index (χ1) is 10.1. The average molecular weight is 314 g/mol. The quantitative estimate of drug-likeness (QED) is 0.392. The molecule has 0 spiro atoms. The van der Waals surface area contributed by atoms with Gasteiger partial charge >= 0.3 is 0 Å². The van der Waals surface area contributed by atoms with Crippen LogP contribution in [-0.4, -0.2) is 17.4 Å². The number of hydrogen-bond donors (Lipinski definition) is 1. The highest BCUT2D eigenvalue weighted by Gasteiger charge is 2.33. The maximum atomic E-state index is 13.2. The van der Waals surface area contributed by atoms with Gasteiger partial charge in [0.05, 0.1) is 6.26 Å². The van der Waals surface area contributed by atoms with E-state index in [0.29, 0.717) is 18.1 Å². The minimum absolute atomic E-state index is 0.462. The molecule has 4 heteroatoms. The smallest absolute Gasteiger partial charge is 0.164 e. The third kappa shape index (κ3) is 6.40. The van der Waals surface area contributed by atoms with Gasteiger partial charge in [-0.25, -0.2) is 0 Å². The molecular formula is C17H31O3P. The molecule has 1 aromatic rings. The molecule has 0 amide bonds. The lowest BCUT2D eigenvalue weighted by molar-refractivity contribution is 0.220. The molecule has 1 rings (SSSR count). The molecule has 1 heterocycles. The SMILES string of the molecule is CCCCCCP(=O)(CCCCCC)C(O)c1ccco1. The number of rotatable bonds is 12. The van der Waals surface area contributed by atoms with Gasteiger partial charge in [0.15, 0.2) is 5.85 Å². The molecule has 0 radical (unpaired) electrons. The van der Waals surface area contributed by atoms with E-state index in [2.05, 4.69) is 13.8 Å². The highest BCUT2D eigenvalue weighted by Crippen LogP contribution is 2.58. The van der Waals surface area contributed by atoms with Gasteiger partial charge in [-0.15, -0.1) is 0 Å². The fourth-order valence-corrected chi connectivity index (χ4v) is 5.48. The van der Waals surface area contributed by atoms with E-state index in [1.807, 2.05) is 0 Å². The van der Waals surface area contributed by atoms with Crippen molar-refractivity contribution >= 4 is 7.14 Å². The van der Waals surface area contributed by atoms with Crippen molar-refractivity contribution in [2.45, 2.75) is 71.1 Å². The predicted molar refractivity (Wildman–Crippen MR) is 89.3 cm³/mol. The highest BCUT2D eigenvalue weighted by atomic mass is 31.2. The lowest BCUT2D eigenvalue weighted by atomic mass is 10.2. The van der Waals surface area contributed by atoms with E-state index in [4.69, 9.17) is 4.42 Å². The highest BCUT2D eigenvalue weighted by molar-refractivity contribution is 7.64. The summed E-state index contributed by atoms with van der Waals surface area (Å²) in [5, 5.41) is 10.5. The van der Waals surface area contributed by atoms with Gasteiger partial charge in [0.1, 0.15) is 12.9 Å². The zero-order valence-corrected chi connectivity index (χ0v) is 14.5. The van der Waals surface area contributed by atoms with Crippen molar-refractivity contribution in [3.63, 3.8) is 0 Å². The Morgan fingerprint density at radius 2 is 1.62 bits per heavy atom. The second kappa shape index (κ2) is 10.2. The number of aliphatic hydroxyl groups is 1. The molecular weight excluding hydrogens is 283 g/mol. The number of unbranched alkanes of at least 4 members (excludes halogenated alkanes) is 6. The molecule has 0 aliphatic heterocycles. The summed E-state index contributed by atoms with van der Waals surface area (Å²) in [4.78, 5) is 0. The molecule has 0 aliphatic carbocycles. The van der Waals surface area contributed by atoms with E-state index in [9.17, 15) is 9.67 Å². The van der Waals surface area contributed by atoms with Crippen LogP contribution < -0.4 is 0 Å². The third-order valence-corrected chi connectivity index (χ3v) is 7.32. The Bertz CT molecular complexity index is 384. The lowest BCUT2D eigenvalue weighted by Crippen LogP contribution is -2.06. The molecule has 1 N–H and O–H groups in total. The van der Waals surface area contributed by atoms with Gasteiger partial charge in [0, 0.05) is 12.3 Å². The minimum atomic E-state index is -2.62. The Balaban J connectivity index is 2.61. The van der Waals surface area contributed by atoms with Crippen LogP contribution in [0.2, 0.25) is 0 Å². The van der Waals surface area contributed by atoms with Crippen LogP contribution in [0, 0.1) is 0 Å². The summed E-state index contributed by atoms with van der Waals surface area (Å²) in [7, 11) is -2.62. The second-order valence-corrected chi connectivity index (χ2v) is 9.20. The molecule has 1 unspecified atom stereocenters. The molecule has 0 saturated heterocycles. The maximum Gasteiger partial charge on any atom is 0.164 e. The van der Waals surface area contributed by atoms with Crippen molar-refractivity contribution in [3.05, 3.63) is 24.2 Å². The molecule has 0 aromatic carbocycles. The van der Waals surface area contributed by atoms with Crippen molar-refractivity contribution in [2.24, 2.45) is 0 Å². The fourth-order valence-electron chi connectivity index (χ4n) is 2.64. The zero-order chi connectivity index (χ0) is 15.6. The summed E-state index contributed by atoms with van der Waals surface area (Å²) in [6.45, 7) is 4.34. The Kier molecular flexibility index (Phi) is 9.03. The molecule has 1 atom stereocenters. The first-order valence-electron chi connectivity index (χ1n) is 8.43. The zero-order valence-electron chi connectivity index (χ0n) is 13.6. The standard InChI is InChI=1S/C17H31O3P/c1-3-5-7-9-14-21(19,15-10-8-6-4-2)17(18)16-12-11-13-20-16/h11-13,17-18H,3-10,14-15H2,1-2H3. The molecule has 3 nitrogen and oxygen atoms in total. The van der Waals surface area contributed by atoms with Gasteiger partial charge in [-0.05, 0) is 25.0 Å².